The van der Waals surface area contributed by atoms with Crippen LogP contribution in [0.4, 0.5) is 9.59 Å². The number of hydrogen-bond acceptors (Lipinski definition) is 12. The topological polar surface area (TPSA) is 153 Å². The quantitative estimate of drug-likeness (QED) is 0.230. The van der Waals surface area contributed by atoms with Crippen LogP contribution in [0.15, 0.2) is 0 Å². The van der Waals surface area contributed by atoms with E-state index in [9.17, 15) is 30.0 Å². The molecule has 2 atom stereocenters. The van der Waals surface area contributed by atoms with Gasteiger partial charge in [-0.1, -0.05) is 19.8 Å². The summed E-state index contributed by atoms with van der Waals surface area (Å²) in [5, 5.41) is 40.3. The average Bonchev–Trinajstić information content (AvgIpc) is 2.98. The van der Waals surface area contributed by atoms with Crippen LogP contribution in [0.25, 0.3) is 0 Å². The second-order valence-electron chi connectivity index (χ2n) is 11.3. The van der Waals surface area contributed by atoms with Crippen LogP contribution >= 0.6 is 0 Å². The number of ether oxygens (including phenoxy) is 2. The molecule has 4 N–H and O–H groups in total. The summed E-state index contributed by atoms with van der Waals surface area (Å²) in [6, 6.07) is 0. The van der Waals surface area contributed by atoms with Crippen molar-refractivity contribution in [2.24, 2.45) is 0 Å². The van der Waals surface area contributed by atoms with Gasteiger partial charge in [-0.15, -0.1) is 0 Å². The first kappa shape index (κ1) is 39.2. The Morgan fingerprint density at radius 2 is 1.02 bits per heavy atom. The number of amides is 2. The van der Waals surface area contributed by atoms with Crippen molar-refractivity contribution in [3.8, 4) is 0 Å². The minimum atomic E-state index is -0.562. The van der Waals surface area contributed by atoms with Gasteiger partial charge in [0.1, 0.15) is 0 Å². The molecule has 254 valence electrons. The fraction of sp³-hybridized carbons (Fsp3) is 0.931. The molecule has 0 spiro atoms. The second kappa shape index (κ2) is 23.6. The standard InChI is InChI=1S/C29H60N6O8/c1-5-6-7-27(39)25-33-11-9-31(21-23-37)13-17-34(28(40)42-3)16-12-30(20-22-36)8-10-32(24-26(2)38)14-18-35(19-15-33)29(41)43-4/h26-27,36-39H,5-25H2,1-4H3. The molecule has 0 aromatic heterocycles. The van der Waals surface area contributed by atoms with Crippen LogP contribution in [0.3, 0.4) is 0 Å². The van der Waals surface area contributed by atoms with Gasteiger partial charge in [0.15, 0.2) is 0 Å². The third-order valence-electron chi connectivity index (χ3n) is 7.79. The van der Waals surface area contributed by atoms with Crippen LogP contribution in [0.5, 0.6) is 0 Å². The van der Waals surface area contributed by atoms with Gasteiger partial charge in [0.25, 0.3) is 0 Å². The molecule has 0 bridgehead atoms. The molecule has 1 rings (SSSR count). The Kier molecular flexibility index (Phi) is 21.5. The first-order valence-electron chi connectivity index (χ1n) is 15.8. The summed E-state index contributed by atoms with van der Waals surface area (Å²) in [4.78, 5) is 37.0. The zero-order valence-corrected chi connectivity index (χ0v) is 27.1. The molecule has 1 aliphatic rings. The Labute approximate surface area is 258 Å². The van der Waals surface area contributed by atoms with E-state index in [0.717, 1.165) is 12.8 Å². The van der Waals surface area contributed by atoms with E-state index in [0.29, 0.717) is 111 Å². The molecule has 1 saturated heterocycles. The van der Waals surface area contributed by atoms with Crippen molar-refractivity contribution in [1.82, 2.24) is 29.4 Å². The Hall–Kier alpha value is -1.78. The zero-order chi connectivity index (χ0) is 32.0. The molecular formula is C29H60N6O8. The average molecular weight is 621 g/mol. The van der Waals surface area contributed by atoms with Gasteiger partial charge in [-0.2, -0.15) is 0 Å². The van der Waals surface area contributed by atoms with E-state index >= 15 is 0 Å². The molecule has 2 unspecified atom stereocenters. The summed E-state index contributed by atoms with van der Waals surface area (Å²) < 4.78 is 10.1. The monoisotopic (exact) mass is 620 g/mol. The predicted molar refractivity (Wildman–Crippen MR) is 165 cm³/mol. The maximum absolute atomic E-state index is 12.7. The summed E-state index contributed by atoms with van der Waals surface area (Å²) in [6.07, 6.45) is 0.712. The number of unbranched alkanes of at least 4 members (excludes halogenated alkanes) is 1. The van der Waals surface area contributed by atoms with Crippen molar-refractivity contribution in [2.75, 3.05) is 132 Å². The lowest BCUT2D eigenvalue weighted by Crippen LogP contribution is -2.49. The summed E-state index contributed by atoms with van der Waals surface area (Å²) in [6.45, 7) is 11.6. The van der Waals surface area contributed by atoms with Gasteiger partial charge in [0.2, 0.25) is 0 Å². The molecule has 14 nitrogen and oxygen atoms in total. The van der Waals surface area contributed by atoms with Gasteiger partial charge in [0.05, 0.1) is 39.6 Å². The van der Waals surface area contributed by atoms with Crippen LogP contribution in [0, 0.1) is 0 Å². The minimum absolute atomic E-state index is 0.0271. The zero-order valence-electron chi connectivity index (χ0n) is 27.1. The molecule has 2 amide bonds. The van der Waals surface area contributed by atoms with Crippen molar-refractivity contribution >= 4 is 12.2 Å². The number of hydrogen-bond donors (Lipinski definition) is 4. The van der Waals surface area contributed by atoms with E-state index < -0.39 is 24.4 Å². The Morgan fingerprint density at radius 1 is 0.651 bits per heavy atom. The summed E-state index contributed by atoms with van der Waals surface area (Å²) >= 11 is 0. The Balaban J connectivity index is 3.24. The SMILES string of the molecule is CCCCC(O)CN1CCN(CCO)CCN(C(=O)OC)CCN(CCO)CCN(CC(C)O)CCN(C(=O)OC)CC1. The molecule has 1 aliphatic heterocycles. The second-order valence-corrected chi connectivity index (χ2v) is 11.3. The van der Waals surface area contributed by atoms with Gasteiger partial charge in [-0.25, -0.2) is 9.59 Å². The fourth-order valence-electron chi connectivity index (χ4n) is 5.21. The molecule has 0 aromatic carbocycles. The molecule has 0 radical (unpaired) electrons. The lowest BCUT2D eigenvalue weighted by Gasteiger charge is -2.34. The largest absolute Gasteiger partial charge is 0.453 e. The number of carbonyl (C=O) groups is 2. The smallest absolute Gasteiger partial charge is 0.409 e. The van der Waals surface area contributed by atoms with Gasteiger partial charge in [0, 0.05) is 105 Å². The summed E-state index contributed by atoms with van der Waals surface area (Å²) in [7, 11) is 2.73. The van der Waals surface area contributed by atoms with Crippen molar-refractivity contribution < 1.29 is 39.5 Å². The van der Waals surface area contributed by atoms with E-state index in [1.165, 1.54) is 14.2 Å². The van der Waals surface area contributed by atoms with Crippen molar-refractivity contribution in [3.05, 3.63) is 0 Å². The van der Waals surface area contributed by atoms with Crippen LogP contribution in [-0.4, -0.2) is 206 Å². The lowest BCUT2D eigenvalue weighted by molar-refractivity contribution is 0.0691. The van der Waals surface area contributed by atoms with Gasteiger partial charge < -0.3 is 39.7 Å². The highest BCUT2D eigenvalue weighted by Crippen LogP contribution is 2.07. The number of aliphatic hydroxyl groups is 4. The number of β-amino-alcohol motifs (C(OH)–C–C–N with tert-alkyl or cyclic N) is 4. The maximum Gasteiger partial charge on any atom is 0.409 e. The molecule has 14 heteroatoms. The highest BCUT2D eigenvalue weighted by Gasteiger charge is 2.22. The van der Waals surface area contributed by atoms with E-state index in [1.54, 1.807) is 16.7 Å². The third kappa shape index (κ3) is 17.3. The summed E-state index contributed by atoms with van der Waals surface area (Å²) in [5.74, 6) is 0. The molecule has 0 saturated carbocycles. The number of carbonyl (C=O) groups excluding carboxylic acids is 2. The molecule has 1 fully saturated rings. The van der Waals surface area contributed by atoms with Gasteiger partial charge >= 0.3 is 12.2 Å². The van der Waals surface area contributed by atoms with Crippen LogP contribution in [0.1, 0.15) is 33.1 Å². The predicted octanol–water partition coefficient (Wildman–Crippen LogP) is -0.739. The first-order valence-corrected chi connectivity index (χ1v) is 15.8. The lowest BCUT2D eigenvalue weighted by atomic mass is 10.1. The molecular weight excluding hydrogens is 560 g/mol. The van der Waals surface area contributed by atoms with E-state index in [2.05, 4.69) is 26.5 Å². The molecule has 0 aromatic rings. The highest BCUT2D eigenvalue weighted by atomic mass is 16.5. The van der Waals surface area contributed by atoms with E-state index in [1.807, 2.05) is 0 Å². The Morgan fingerprint density at radius 3 is 1.40 bits per heavy atom. The van der Waals surface area contributed by atoms with E-state index in [4.69, 9.17) is 9.47 Å². The maximum atomic E-state index is 12.7. The van der Waals surface area contributed by atoms with Gasteiger partial charge in [-0.3, -0.25) is 19.6 Å². The normalized spacial score (nSPS) is 20.3. The first-order chi connectivity index (χ1) is 20.7. The van der Waals surface area contributed by atoms with Crippen molar-refractivity contribution in [1.29, 1.82) is 0 Å². The fourth-order valence-corrected chi connectivity index (χ4v) is 5.21. The number of aliphatic hydroxyl groups excluding tert-OH is 4. The van der Waals surface area contributed by atoms with E-state index in [-0.39, 0.29) is 13.2 Å². The minimum Gasteiger partial charge on any atom is -0.453 e. The number of methoxy groups -OCH3 is 2. The highest BCUT2D eigenvalue weighted by molar-refractivity contribution is 5.67. The Bertz CT molecular complexity index is 737. The molecule has 1 heterocycles. The summed E-state index contributed by atoms with van der Waals surface area (Å²) in [5.41, 5.74) is 0. The third-order valence-corrected chi connectivity index (χ3v) is 7.79. The number of nitrogens with zero attached hydrogens (tertiary/aromatic N) is 6. The van der Waals surface area contributed by atoms with Gasteiger partial charge in [-0.05, 0) is 13.3 Å². The number of rotatable bonds is 11. The molecule has 43 heavy (non-hydrogen) atoms. The van der Waals surface area contributed by atoms with Crippen molar-refractivity contribution in [3.63, 3.8) is 0 Å². The van der Waals surface area contributed by atoms with Crippen LogP contribution in [0.2, 0.25) is 0 Å². The van der Waals surface area contributed by atoms with Crippen LogP contribution < -0.4 is 0 Å². The van der Waals surface area contributed by atoms with Crippen molar-refractivity contribution in [2.45, 2.75) is 45.3 Å². The van der Waals surface area contributed by atoms with Crippen LogP contribution in [-0.2, 0) is 9.47 Å². The molecule has 0 aliphatic carbocycles.